The van der Waals surface area contributed by atoms with E-state index in [0.717, 1.165) is 22.4 Å². The first-order chi connectivity index (χ1) is 12.9. The topological polar surface area (TPSA) is 64.1 Å². The smallest absolute Gasteiger partial charge is 0.232 e. The van der Waals surface area contributed by atoms with E-state index in [1.54, 1.807) is 12.6 Å². The summed E-state index contributed by atoms with van der Waals surface area (Å²) in [6.45, 7) is 5.93. The molecule has 1 unspecified atom stereocenters. The summed E-state index contributed by atoms with van der Waals surface area (Å²) in [6, 6.07) is 16.2. The molecular weight excluding hydrogens is 358 g/mol. The molecule has 1 aromatic heterocycles. The highest BCUT2D eigenvalue weighted by molar-refractivity contribution is 7.13. The predicted octanol–water partition coefficient (Wildman–Crippen LogP) is 4.65. The van der Waals surface area contributed by atoms with Crippen LogP contribution in [-0.4, -0.2) is 23.2 Å². The summed E-state index contributed by atoms with van der Waals surface area (Å²) in [5.74, 6) is 0.611. The van der Waals surface area contributed by atoms with Crippen molar-refractivity contribution < 1.29 is 9.53 Å². The molecule has 0 aliphatic rings. The zero-order valence-electron chi connectivity index (χ0n) is 15.9. The molecule has 3 rings (SSSR count). The summed E-state index contributed by atoms with van der Waals surface area (Å²) in [6.07, 6.45) is 0. The molecule has 6 heteroatoms. The molecule has 27 heavy (non-hydrogen) atoms. The fraction of sp³-hybridized carbons (Fsp3) is 0.286. The normalized spacial score (nSPS) is 12.4. The van der Waals surface area contributed by atoms with Crippen LogP contribution in [0.3, 0.4) is 0 Å². The van der Waals surface area contributed by atoms with Crippen molar-refractivity contribution in [2.45, 2.75) is 26.7 Å². The number of hydrogen-bond donors (Lipinski definition) is 1. The molecule has 3 aromatic rings. The van der Waals surface area contributed by atoms with Gasteiger partial charge in [0.1, 0.15) is 11.3 Å². The summed E-state index contributed by atoms with van der Waals surface area (Å²) < 4.78 is 5.40. The second-order valence-electron chi connectivity index (χ2n) is 6.99. The summed E-state index contributed by atoms with van der Waals surface area (Å²) in [5.41, 5.74) is 4.07. The zero-order valence-corrected chi connectivity index (χ0v) is 16.7. The van der Waals surface area contributed by atoms with Crippen molar-refractivity contribution in [2.75, 3.05) is 12.4 Å². The van der Waals surface area contributed by atoms with Gasteiger partial charge in [-0.05, 0) is 29.7 Å². The highest BCUT2D eigenvalue weighted by Gasteiger charge is 2.39. The van der Waals surface area contributed by atoms with Crippen molar-refractivity contribution in [3.8, 4) is 5.75 Å². The van der Waals surface area contributed by atoms with Crippen LogP contribution >= 0.6 is 11.3 Å². The number of rotatable bonds is 6. The summed E-state index contributed by atoms with van der Waals surface area (Å²) in [4.78, 5) is 13.1. The van der Waals surface area contributed by atoms with E-state index in [-0.39, 0.29) is 11.8 Å². The molecule has 0 fully saturated rings. The van der Waals surface area contributed by atoms with Gasteiger partial charge in [-0.3, -0.25) is 4.79 Å². The molecule has 0 radical (unpaired) electrons. The molecule has 1 heterocycles. The second-order valence-corrected chi connectivity index (χ2v) is 7.83. The quantitative estimate of drug-likeness (QED) is 0.675. The highest BCUT2D eigenvalue weighted by Crippen LogP contribution is 2.42. The van der Waals surface area contributed by atoms with Gasteiger partial charge in [-0.1, -0.05) is 67.6 Å². The van der Waals surface area contributed by atoms with Crippen molar-refractivity contribution in [3.05, 3.63) is 70.7 Å². The Balaban J connectivity index is 2.04. The van der Waals surface area contributed by atoms with Crippen LogP contribution in [0.2, 0.25) is 0 Å². The maximum atomic E-state index is 13.1. The van der Waals surface area contributed by atoms with Gasteiger partial charge < -0.3 is 10.1 Å². The van der Waals surface area contributed by atoms with Gasteiger partial charge in [-0.25, -0.2) is 0 Å². The Bertz CT molecular complexity index is 908. The fourth-order valence-corrected chi connectivity index (χ4v) is 3.81. The van der Waals surface area contributed by atoms with Crippen LogP contribution in [0.4, 0.5) is 5.13 Å². The summed E-state index contributed by atoms with van der Waals surface area (Å²) in [7, 11) is 1.66. The van der Waals surface area contributed by atoms with Crippen LogP contribution in [0.15, 0.2) is 54.0 Å². The first-order valence-electron chi connectivity index (χ1n) is 8.70. The van der Waals surface area contributed by atoms with E-state index >= 15 is 0 Å². The predicted molar refractivity (Wildman–Crippen MR) is 108 cm³/mol. The molecule has 1 amide bonds. The minimum absolute atomic E-state index is 0.0958. The molecular formula is C21H23N3O2S. The Hall–Kier alpha value is -2.73. The number of ether oxygens (including phenoxy) is 1. The van der Waals surface area contributed by atoms with Gasteiger partial charge in [0.05, 0.1) is 12.5 Å². The number of aromatic nitrogens is 2. The van der Waals surface area contributed by atoms with Gasteiger partial charge in [-0.15, -0.1) is 10.2 Å². The molecule has 1 atom stereocenters. The lowest BCUT2D eigenvalue weighted by molar-refractivity contribution is -0.124. The molecule has 0 saturated carbocycles. The van der Waals surface area contributed by atoms with Crippen LogP contribution in [0.25, 0.3) is 0 Å². The number of anilines is 1. The van der Waals surface area contributed by atoms with Gasteiger partial charge in [0.2, 0.25) is 11.0 Å². The number of benzene rings is 2. The van der Waals surface area contributed by atoms with Crippen LogP contribution in [0.1, 0.15) is 36.5 Å². The minimum Gasteiger partial charge on any atom is -0.496 e. The Morgan fingerprint density at radius 3 is 2.48 bits per heavy atom. The number of hydrogen-bond acceptors (Lipinski definition) is 5. The van der Waals surface area contributed by atoms with E-state index in [2.05, 4.69) is 33.7 Å². The van der Waals surface area contributed by atoms with Gasteiger partial charge in [0.15, 0.2) is 0 Å². The number of methoxy groups -OCH3 is 1. The summed E-state index contributed by atoms with van der Waals surface area (Å²) in [5, 5.41) is 11.1. The first-order valence-corrected chi connectivity index (χ1v) is 9.58. The van der Waals surface area contributed by atoms with Crippen LogP contribution in [0.5, 0.6) is 5.75 Å². The van der Waals surface area contributed by atoms with Crippen LogP contribution in [-0.2, 0) is 4.79 Å². The average Bonchev–Trinajstić information content (AvgIpc) is 3.16. The number of carbonyl (C=O) groups is 1. The van der Waals surface area contributed by atoms with E-state index in [4.69, 9.17) is 4.74 Å². The van der Waals surface area contributed by atoms with Crippen LogP contribution < -0.4 is 10.1 Å². The zero-order chi connectivity index (χ0) is 19.4. The van der Waals surface area contributed by atoms with Gasteiger partial charge in [0, 0.05) is 5.92 Å². The van der Waals surface area contributed by atoms with Gasteiger partial charge >= 0.3 is 0 Å². The lowest BCUT2D eigenvalue weighted by atomic mass is 9.70. The summed E-state index contributed by atoms with van der Waals surface area (Å²) >= 11 is 1.31. The Morgan fingerprint density at radius 2 is 1.89 bits per heavy atom. The molecule has 1 N–H and O–H groups in total. The molecule has 0 spiro atoms. The molecule has 2 aromatic carbocycles. The van der Waals surface area contributed by atoms with Gasteiger partial charge in [0.25, 0.3) is 0 Å². The third-order valence-corrected chi connectivity index (χ3v) is 5.38. The van der Waals surface area contributed by atoms with E-state index in [1.807, 2.05) is 51.1 Å². The molecule has 0 bridgehead atoms. The van der Waals surface area contributed by atoms with Crippen molar-refractivity contribution in [1.29, 1.82) is 0 Å². The van der Waals surface area contributed by atoms with Crippen molar-refractivity contribution in [2.24, 2.45) is 5.41 Å². The Kier molecular flexibility index (Phi) is 5.56. The number of nitrogens with zero attached hydrogens (tertiary/aromatic N) is 2. The van der Waals surface area contributed by atoms with Crippen molar-refractivity contribution in [3.63, 3.8) is 0 Å². The van der Waals surface area contributed by atoms with Gasteiger partial charge in [-0.2, -0.15) is 0 Å². The van der Waals surface area contributed by atoms with E-state index < -0.39 is 5.41 Å². The number of aryl methyl sites for hydroxylation is 1. The number of amides is 1. The molecule has 0 aliphatic heterocycles. The standard InChI is InChI=1S/C21H23N3O2S/c1-14-12-16(10-11-17(14)26-4)18(15-8-6-5-7-9-15)21(2,3)19(25)23-20-24-22-13-27-20/h5-13,18H,1-4H3,(H,23,24,25). The van der Waals surface area contributed by atoms with E-state index in [1.165, 1.54) is 11.3 Å². The average molecular weight is 382 g/mol. The maximum Gasteiger partial charge on any atom is 0.232 e. The maximum absolute atomic E-state index is 13.1. The first kappa shape index (κ1) is 19.0. The second kappa shape index (κ2) is 7.88. The van der Waals surface area contributed by atoms with E-state index in [9.17, 15) is 4.79 Å². The molecule has 140 valence electrons. The largest absolute Gasteiger partial charge is 0.496 e. The van der Waals surface area contributed by atoms with Crippen molar-refractivity contribution in [1.82, 2.24) is 10.2 Å². The van der Waals surface area contributed by atoms with Crippen molar-refractivity contribution >= 4 is 22.4 Å². The lowest BCUT2D eigenvalue weighted by Gasteiger charge is -2.34. The highest BCUT2D eigenvalue weighted by atomic mass is 32.1. The molecule has 0 saturated heterocycles. The third kappa shape index (κ3) is 4.01. The fourth-order valence-electron chi connectivity index (χ4n) is 3.37. The third-order valence-electron chi connectivity index (χ3n) is 4.77. The Labute approximate surface area is 163 Å². The number of carbonyl (C=O) groups excluding carboxylic acids is 1. The Morgan fingerprint density at radius 1 is 1.15 bits per heavy atom. The van der Waals surface area contributed by atoms with Crippen LogP contribution in [0, 0.1) is 12.3 Å². The van der Waals surface area contributed by atoms with E-state index in [0.29, 0.717) is 5.13 Å². The molecule has 0 aliphatic carbocycles. The minimum atomic E-state index is -0.714. The number of nitrogens with one attached hydrogen (secondary N) is 1. The molecule has 5 nitrogen and oxygen atoms in total. The SMILES string of the molecule is COc1ccc(C(c2ccccc2)C(C)(C)C(=O)Nc2nncs2)cc1C. The lowest BCUT2D eigenvalue weighted by Crippen LogP contribution is -2.37. The monoisotopic (exact) mass is 381 g/mol.